The highest BCUT2D eigenvalue weighted by Gasteiger charge is 2.35. The van der Waals surface area contributed by atoms with E-state index in [2.05, 4.69) is 10.3 Å². The van der Waals surface area contributed by atoms with Crippen molar-refractivity contribution in [1.29, 1.82) is 0 Å². The Morgan fingerprint density at radius 3 is 2.34 bits per heavy atom. The lowest BCUT2D eigenvalue weighted by Gasteiger charge is -2.14. The number of amides is 1. The van der Waals surface area contributed by atoms with Crippen LogP contribution >= 0.6 is 0 Å². The van der Waals surface area contributed by atoms with E-state index in [9.17, 15) is 9.59 Å². The van der Waals surface area contributed by atoms with Crippen molar-refractivity contribution in [2.24, 2.45) is 4.99 Å². The minimum Gasteiger partial charge on any atom is -0.465 e. The van der Waals surface area contributed by atoms with Crippen molar-refractivity contribution in [2.75, 3.05) is 12.4 Å². The molecule has 1 aromatic heterocycles. The van der Waals surface area contributed by atoms with Gasteiger partial charge in [-0.1, -0.05) is 48.5 Å². The molecule has 1 aliphatic rings. The molecule has 0 radical (unpaired) electrons. The summed E-state index contributed by atoms with van der Waals surface area (Å²) in [5.74, 6) is -1.23. The lowest BCUT2D eigenvalue weighted by molar-refractivity contribution is -0.115. The van der Waals surface area contributed by atoms with Crippen molar-refractivity contribution >= 4 is 29.0 Å². The van der Waals surface area contributed by atoms with Crippen molar-refractivity contribution in [3.63, 3.8) is 0 Å². The number of methoxy groups -OCH3 is 1. The third kappa shape index (κ3) is 4.73. The summed E-state index contributed by atoms with van der Waals surface area (Å²) in [6, 6.07) is 26.8. The number of aliphatic imine (C=N–C) groups is 1. The van der Waals surface area contributed by atoms with Gasteiger partial charge in [-0.15, -0.1) is 0 Å². The average molecular weight is 462 g/mol. The smallest absolute Gasteiger partial charge is 0.337 e. The van der Waals surface area contributed by atoms with Crippen LogP contribution in [0.2, 0.25) is 0 Å². The Morgan fingerprint density at radius 2 is 1.63 bits per heavy atom. The van der Waals surface area contributed by atoms with Crippen LogP contribution in [0, 0.1) is 0 Å². The van der Waals surface area contributed by atoms with E-state index < -0.39 is 11.9 Å². The number of carbonyl (C=O) groups excluding carboxylic acids is 2. The van der Waals surface area contributed by atoms with Gasteiger partial charge in [-0.25, -0.2) is 4.79 Å². The number of anilines is 1. The van der Waals surface area contributed by atoms with E-state index in [1.807, 2.05) is 66.7 Å². The zero-order valence-corrected chi connectivity index (χ0v) is 19.1. The molecule has 4 aromatic rings. The number of nitrogens with zero attached hydrogens (tertiary/aromatic N) is 2. The lowest BCUT2D eigenvalue weighted by Crippen LogP contribution is -2.21. The molecule has 0 saturated carbocycles. The van der Waals surface area contributed by atoms with Gasteiger partial charge in [0.15, 0.2) is 0 Å². The first-order valence-electron chi connectivity index (χ1n) is 11.3. The molecule has 1 unspecified atom stereocenters. The first-order valence-corrected chi connectivity index (χ1v) is 11.3. The second kappa shape index (κ2) is 9.73. The quantitative estimate of drug-likeness (QED) is 0.311. The number of ether oxygens (including phenoxy) is 1. The van der Waals surface area contributed by atoms with Crippen molar-refractivity contribution in [1.82, 2.24) is 4.98 Å². The molecule has 0 saturated heterocycles. The molecule has 3 aromatic carbocycles. The number of carbonyl (C=O) groups is 2. The topological polar surface area (TPSA) is 80.6 Å². The molecule has 1 aliphatic heterocycles. The number of hydrogen-bond acceptors (Lipinski definition) is 5. The standard InChI is InChI=1S/C29H23N3O3/c1-35-29(34)22-9-12-24-25(18-22)32-28(33)26(24)27(21-5-3-2-4-6-21)31-23-10-7-19(8-11-23)17-20-13-15-30-16-14-20/h2-16,18,26H,17H2,1H3,(H,32,33). The fourth-order valence-electron chi connectivity index (χ4n) is 4.25. The third-order valence-electron chi connectivity index (χ3n) is 5.99. The Kier molecular flexibility index (Phi) is 6.18. The number of hydrogen-bond donors (Lipinski definition) is 1. The fraction of sp³-hybridized carbons (Fsp3) is 0.103. The minimum atomic E-state index is -0.601. The SMILES string of the molecule is COC(=O)c1ccc2c(c1)NC(=O)C2C(=Nc1ccc(Cc2ccncc2)cc1)c1ccccc1. The number of benzene rings is 3. The molecule has 172 valence electrons. The van der Waals surface area contributed by atoms with Crippen LogP contribution in [-0.4, -0.2) is 29.7 Å². The number of esters is 1. The van der Waals surface area contributed by atoms with E-state index in [0.717, 1.165) is 28.8 Å². The van der Waals surface area contributed by atoms with E-state index in [4.69, 9.17) is 9.73 Å². The van der Waals surface area contributed by atoms with Crippen LogP contribution in [0.25, 0.3) is 0 Å². The zero-order chi connectivity index (χ0) is 24.2. The van der Waals surface area contributed by atoms with E-state index >= 15 is 0 Å². The molecular weight excluding hydrogens is 438 g/mol. The van der Waals surface area contributed by atoms with Gasteiger partial charge in [0.25, 0.3) is 0 Å². The summed E-state index contributed by atoms with van der Waals surface area (Å²) in [5.41, 5.74) is 6.37. The van der Waals surface area contributed by atoms with Crippen molar-refractivity contribution in [2.45, 2.75) is 12.3 Å². The maximum absolute atomic E-state index is 13.1. The number of rotatable bonds is 6. The summed E-state index contributed by atoms with van der Waals surface area (Å²) in [6.45, 7) is 0. The van der Waals surface area contributed by atoms with Crippen LogP contribution < -0.4 is 5.32 Å². The minimum absolute atomic E-state index is 0.182. The second-order valence-electron chi connectivity index (χ2n) is 8.28. The predicted octanol–water partition coefficient (Wildman–Crippen LogP) is 5.32. The van der Waals surface area contributed by atoms with Gasteiger partial charge in [0.2, 0.25) is 5.91 Å². The number of aromatic nitrogens is 1. The van der Waals surface area contributed by atoms with Crippen LogP contribution in [0.4, 0.5) is 11.4 Å². The van der Waals surface area contributed by atoms with E-state index in [1.54, 1.807) is 30.6 Å². The summed E-state index contributed by atoms with van der Waals surface area (Å²) in [6.07, 6.45) is 4.39. The normalized spacial score (nSPS) is 14.8. The molecule has 2 heterocycles. The molecule has 1 atom stereocenters. The Hall–Kier alpha value is -4.58. The Labute approximate surface area is 203 Å². The van der Waals surface area contributed by atoms with Crippen molar-refractivity contribution in [3.05, 3.63) is 125 Å². The molecule has 1 N–H and O–H groups in total. The van der Waals surface area contributed by atoms with E-state index in [0.29, 0.717) is 17.0 Å². The first kappa shape index (κ1) is 22.2. The van der Waals surface area contributed by atoms with Gasteiger partial charge in [0.05, 0.1) is 24.1 Å². The molecule has 6 heteroatoms. The average Bonchev–Trinajstić information content (AvgIpc) is 3.23. The Morgan fingerprint density at radius 1 is 0.914 bits per heavy atom. The van der Waals surface area contributed by atoms with Crippen LogP contribution in [0.1, 0.15) is 38.5 Å². The highest BCUT2D eigenvalue weighted by atomic mass is 16.5. The van der Waals surface area contributed by atoms with Gasteiger partial charge in [0.1, 0.15) is 5.92 Å². The maximum atomic E-state index is 13.1. The molecular formula is C29H23N3O3. The second-order valence-corrected chi connectivity index (χ2v) is 8.28. The van der Waals surface area contributed by atoms with Gasteiger partial charge in [-0.2, -0.15) is 0 Å². The van der Waals surface area contributed by atoms with Gasteiger partial charge in [-0.05, 0) is 65.1 Å². The van der Waals surface area contributed by atoms with Gasteiger partial charge in [0, 0.05) is 18.1 Å². The van der Waals surface area contributed by atoms with Gasteiger partial charge < -0.3 is 10.1 Å². The Balaban J connectivity index is 1.51. The molecule has 35 heavy (non-hydrogen) atoms. The number of fused-ring (bicyclic) bond motifs is 1. The summed E-state index contributed by atoms with van der Waals surface area (Å²) >= 11 is 0. The molecule has 0 spiro atoms. The van der Waals surface area contributed by atoms with E-state index in [-0.39, 0.29) is 5.91 Å². The number of nitrogens with one attached hydrogen (secondary N) is 1. The third-order valence-corrected chi connectivity index (χ3v) is 5.99. The van der Waals surface area contributed by atoms with Crippen LogP contribution in [0.5, 0.6) is 0 Å². The zero-order valence-electron chi connectivity index (χ0n) is 19.1. The first-order chi connectivity index (χ1) is 17.1. The summed E-state index contributed by atoms with van der Waals surface area (Å²) in [5, 5.41) is 2.91. The molecule has 0 aliphatic carbocycles. The predicted molar refractivity (Wildman–Crippen MR) is 135 cm³/mol. The largest absolute Gasteiger partial charge is 0.465 e. The van der Waals surface area contributed by atoms with Gasteiger partial charge in [-0.3, -0.25) is 14.8 Å². The fourth-order valence-corrected chi connectivity index (χ4v) is 4.25. The molecule has 0 bridgehead atoms. The Bertz CT molecular complexity index is 1400. The van der Waals surface area contributed by atoms with Crippen LogP contribution in [0.3, 0.4) is 0 Å². The van der Waals surface area contributed by atoms with Crippen LogP contribution in [0.15, 0.2) is 102 Å². The van der Waals surface area contributed by atoms with Crippen molar-refractivity contribution in [3.8, 4) is 0 Å². The number of pyridine rings is 1. The van der Waals surface area contributed by atoms with E-state index in [1.165, 1.54) is 12.7 Å². The lowest BCUT2D eigenvalue weighted by atomic mass is 9.90. The highest BCUT2D eigenvalue weighted by molar-refractivity contribution is 6.24. The van der Waals surface area contributed by atoms with Gasteiger partial charge >= 0.3 is 5.97 Å². The highest BCUT2D eigenvalue weighted by Crippen LogP contribution is 2.37. The summed E-state index contributed by atoms with van der Waals surface area (Å²) in [7, 11) is 1.33. The van der Waals surface area contributed by atoms with Crippen molar-refractivity contribution < 1.29 is 14.3 Å². The summed E-state index contributed by atoms with van der Waals surface area (Å²) in [4.78, 5) is 34.1. The molecule has 5 rings (SSSR count). The maximum Gasteiger partial charge on any atom is 0.337 e. The molecule has 1 amide bonds. The molecule has 6 nitrogen and oxygen atoms in total. The van der Waals surface area contributed by atoms with Crippen LogP contribution in [-0.2, 0) is 16.0 Å². The summed E-state index contributed by atoms with van der Waals surface area (Å²) < 4.78 is 4.81. The monoisotopic (exact) mass is 461 g/mol. The molecule has 0 fully saturated rings.